The lowest BCUT2D eigenvalue weighted by Gasteiger charge is -2.54. The highest BCUT2D eigenvalue weighted by Gasteiger charge is 2.47. The molecule has 1 N–H and O–H groups in total. The molecule has 1 aromatic carbocycles. The molecule has 1 aliphatic heterocycles. The number of rotatable bonds is 3. The number of hydrogen-bond acceptors (Lipinski definition) is 2. The highest BCUT2D eigenvalue weighted by molar-refractivity contribution is 5.66. The summed E-state index contributed by atoms with van der Waals surface area (Å²) in [5.41, 5.74) is 3.22. The number of carboxylic acid groups (broad SMARTS) is 1. The predicted molar refractivity (Wildman–Crippen MR) is 78.9 cm³/mol. The molecule has 1 aliphatic carbocycles. The van der Waals surface area contributed by atoms with Gasteiger partial charge in [0.15, 0.2) is 0 Å². The Bertz CT molecular complexity index is 527. The summed E-state index contributed by atoms with van der Waals surface area (Å²) < 4.78 is 0. The minimum absolute atomic E-state index is 0.249. The third kappa shape index (κ3) is 2.05. The van der Waals surface area contributed by atoms with E-state index in [4.69, 9.17) is 5.11 Å². The second-order valence-corrected chi connectivity index (χ2v) is 6.56. The Morgan fingerprint density at radius 2 is 2.20 bits per heavy atom. The molecule has 3 rings (SSSR count). The molecule has 3 atom stereocenters. The van der Waals surface area contributed by atoms with Gasteiger partial charge in [0.2, 0.25) is 0 Å². The number of carbonyl (C=O) groups is 1. The first-order chi connectivity index (χ1) is 9.52. The molecule has 0 aromatic heterocycles. The van der Waals surface area contributed by atoms with Crippen LogP contribution in [0.4, 0.5) is 0 Å². The number of aliphatic carboxylic acids is 1. The van der Waals surface area contributed by atoms with Crippen LogP contribution in [-0.2, 0) is 16.6 Å². The van der Waals surface area contributed by atoms with E-state index in [1.54, 1.807) is 0 Å². The van der Waals surface area contributed by atoms with Gasteiger partial charge >= 0.3 is 5.97 Å². The smallest absolute Gasteiger partial charge is 0.304 e. The fourth-order valence-corrected chi connectivity index (χ4v) is 4.19. The molecule has 3 heteroatoms. The van der Waals surface area contributed by atoms with Crippen LogP contribution in [0.3, 0.4) is 0 Å². The lowest BCUT2D eigenvalue weighted by atomic mass is 9.59. The van der Waals surface area contributed by atoms with Gasteiger partial charge in [-0.1, -0.05) is 38.1 Å². The SMILES string of the molecule is C[C@@H]1[C@H]2Cc3ccccc3[C@]1(C)CCN2CCC(=O)O. The highest BCUT2D eigenvalue weighted by atomic mass is 16.4. The van der Waals surface area contributed by atoms with Crippen LogP contribution < -0.4 is 0 Å². The van der Waals surface area contributed by atoms with E-state index in [9.17, 15) is 4.79 Å². The number of benzene rings is 1. The van der Waals surface area contributed by atoms with Crippen molar-refractivity contribution in [3.63, 3.8) is 0 Å². The standard InChI is InChI=1S/C17H23NO2/c1-12-15-11-13-5-3-4-6-14(13)17(12,2)8-10-18(15)9-7-16(19)20/h3-6,12,15H,7-11H2,1-2H3,(H,19,20)/t12-,15-,17-/m1/s1. The van der Waals surface area contributed by atoms with E-state index in [0.717, 1.165) is 19.4 Å². The Labute approximate surface area is 120 Å². The van der Waals surface area contributed by atoms with Crippen molar-refractivity contribution in [2.75, 3.05) is 13.1 Å². The summed E-state index contributed by atoms with van der Waals surface area (Å²) in [5.74, 6) is -0.109. The molecule has 1 saturated heterocycles. The van der Waals surface area contributed by atoms with E-state index in [2.05, 4.69) is 43.0 Å². The zero-order valence-corrected chi connectivity index (χ0v) is 12.3. The van der Waals surface area contributed by atoms with Gasteiger partial charge in [0.25, 0.3) is 0 Å². The zero-order valence-electron chi connectivity index (χ0n) is 12.3. The monoisotopic (exact) mass is 273 g/mol. The summed E-state index contributed by atoms with van der Waals surface area (Å²) >= 11 is 0. The molecule has 1 heterocycles. The lowest BCUT2D eigenvalue weighted by Crippen LogP contribution is -2.58. The maximum absolute atomic E-state index is 10.8. The maximum atomic E-state index is 10.8. The van der Waals surface area contributed by atoms with Crippen LogP contribution in [0.15, 0.2) is 24.3 Å². The third-order valence-electron chi connectivity index (χ3n) is 5.64. The Morgan fingerprint density at radius 1 is 1.45 bits per heavy atom. The molecule has 0 unspecified atom stereocenters. The number of nitrogens with zero attached hydrogens (tertiary/aromatic N) is 1. The summed E-state index contributed by atoms with van der Waals surface area (Å²) in [6, 6.07) is 9.29. The van der Waals surface area contributed by atoms with Gasteiger partial charge in [0.1, 0.15) is 0 Å². The summed E-state index contributed by atoms with van der Waals surface area (Å²) in [6.07, 6.45) is 2.44. The van der Waals surface area contributed by atoms with Crippen molar-refractivity contribution < 1.29 is 9.90 Å². The maximum Gasteiger partial charge on any atom is 0.304 e. The van der Waals surface area contributed by atoms with Crippen molar-refractivity contribution in [3.05, 3.63) is 35.4 Å². The first-order valence-corrected chi connectivity index (χ1v) is 7.56. The summed E-state index contributed by atoms with van der Waals surface area (Å²) in [7, 11) is 0. The molecule has 1 aromatic rings. The number of piperidine rings is 1. The summed E-state index contributed by atoms with van der Waals surface area (Å²) in [4.78, 5) is 13.2. The van der Waals surface area contributed by atoms with E-state index in [-0.39, 0.29) is 11.8 Å². The van der Waals surface area contributed by atoms with Gasteiger partial charge in [0, 0.05) is 12.6 Å². The Balaban J connectivity index is 1.89. The average Bonchev–Trinajstić information content (AvgIpc) is 2.42. The molecule has 1 fully saturated rings. The fourth-order valence-electron chi connectivity index (χ4n) is 4.19. The quantitative estimate of drug-likeness (QED) is 0.920. The van der Waals surface area contributed by atoms with Crippen LogP contribution in [0, 0.1) is 5.92 Å². The van der Waals surface area contributed by atoms with Crippen molar-refractivity contribution >= 4 is 5.97 Å². The Kier molecular flexibility index (Phi) is 3.33. The molecule has 3 nitrogen and oxygen atoms in total. The van der Waals surface area contributed by atoms with E-state index in [0.29, 0.717) is 18.5 Å². The van der Waals surface area contributed by atoms with E-state index < -0.39 is 5.97 Å². The van der Waals surface area contributed by atoms with Gasteiger partial charge in [-0.25, -0.2) is 0 Å². The topological polar surface area (TPSA) is 40.5 Å². The number of likely N-dealkylation sites (tertiary alicyclic amines) is 1. The summed E-state index contributed by atoms with van der Waals surface area (Å²) in [5, 5.41) is 8.92. The normalized spacial score (nSPS) is 32.7. The lowest BCUT2D eigenvalue weighted by molar-refractivity contribution is -0.137. The van der Waals surface area contributed by atoms with Crippen molar-refractivity contribution in [3.8, 4) is 0 Å². The molecule has 0 spiro atoms. The average molecular weight is 273 g/mol. The van der Waals surface area contributed by atoms with E-state index >= 15 is 0 Å². The van der Waals surface area contributed by atoms with Gasteiger partial charge < -0.3 is 5.11 Å². The zero-order chi connectivity index (χ0) is 14.3. The minimum Gasteiger partial charge on any atom is -0.481 e. The van der Waals surface area contributed by atoms with Crippen molar-refractivity contribution in [2.24, 2.45) is 5.92 Å². The second kappa shape index (κ2) is 4.88. The molecule has 0 radical (unpaired) electrons. The Hall–Kier alpha value is -1.35. The van der Waals surface area contributed by atoms with Crippen molar-refractivity contribution in [2.45, 2.75) is 44.6 Å². The first-order valence-electron chi connectivity index (χ1n) is 7.56. The van der Waals surface area contributed by atoms with Crippen LogP contribution in [-0.4, -0.2) is 35.1 Å². The summed E-state index contributed by atoms with van der Waals surface area (Å²) in [6.45, 7) is 6.43. The van der Waals surface area contributed by atoms with Gasteiger partial charge in [-0.2, -0.15) is 0 Å². The Morgan fingerprint density at radius 3 is 2.95 bits per heavy atom. The van der Waals surface area contributed by atoms with Crippen LogP contribution in [0.2, 0.25) is 0 Å². The van der Waals surface area contributed by atoms with E-state index in [1.807, 2.05) is 0 Å². The molecule has 2 aliphatic rings. The fraction of sp³-hybridized carbons (Fsp3) is 0.588. The van der Waals surface area contributed by atoms with Gasteiger partial charge in [0.05, 0.1) is 6.42 Å². The van der Waals surface area contributed by atoms with Crippen molar-refractivity contribution in [1.29, 1.82) is 0 Å². The van der Waals surface area contributed by atoms with E-state index in [1.165, 1.54) is 11.1 Å². The molecule has 0 saturated carbocycles. The molecule has 20 heavy (non-hydrogen) atoms. The minimum atomic E-state index is -0.692. The third-order valence-corrected chi connectivity index (χ3v) is 5.64. The van der Waals surface area contributed by atoms with Gasteiger partial charge in [-0.3, -0.25) is 9.69 Å². The number of carboxylic acids is 1. The van der Waals surface area contributed by atoms with Crippen LogP contribution >= 0.6 is 0 Å². The molecular formula is C17H23NO2. The van der Waals surface area contributed by atoms with Crippen molar-refractivity contribution in [1.82, 2.24) is 4.90 Å². The van der Waals surface area contributed by atoms with Crippen LogP contribution in [0.25, 0.3) is 0 Å². The van der Waals surface area contributed by atoms with Gasteiger partial charge in [-0.05, 0) is 41.8 Å². The predicted octanol–water partition coefficient (Wildman–Crippen LogP) is 2.69. The second-order valence-electron chi connectivity index (χ2n) is 6.56. The molecule has 108 valence electrons. The number of fused-ring (bicyclic) bond motifs is 4. The highest BCUT2D eigenvalue weighted by Crippen LogP contribution is 2.48. The van der Waals surface area contributed by atoms with Gasteiger partial charge in [-0.15, -0.1) is 0 Å². The number of hydrogen-bond donors (Lipinski definition) is 1. The largest absolute Gasteiger partial charge is 0.481 e. The van der Waals surface area contributed by atoms with Crippen LogP contribution in [0.5, 0.6) is 0 Å². The molecular weight excluding hydrogens is 250 g/mol. The first kappa shape index (κ1) is 13.6. The molecule has 0 amide bonds. The molecule has 2 bridgehead atoms. The van der Waals surface area contributed by atoms with Crippen LogP contribution in [0.1, 0.15) is 37.8 Å².